The summed E-state index contributed by atoms with van der Waals surface area (Å²) in [6.45, 7) is 1.89. The molecule has 2 aromatic carbocycles. The van der Waals surface area contributed by atoms with E-state index in [-0.39, 0.29) is 10.6 Å². The first-order valence-electron chi connectivity index (χ1n) is 6.56. The molecule has 23 heavy (non-hydrogen) atoms. The number of rotatable bonds is 5. The van der Waals surface area contributed by atoms with Gasteiger partial charge >= 0.3 is 0 Å². The van der Waals surface area contributed by atoms with Crippen molar-refractivity contribution < 1.29 is 17.9 Å². The Bertz CT molecular complexity index is 820. The van der Waals surface area contributed by atoms with Crippen molar-refractivity contribution >= 4 is 31.9 Å². The molecule has 0 saturated carbocycles. The van der Waals surface area contributed by atoms with E-state index in [1.54, 1.807) is 30.3 Å². The highest BCUT2D eigenvalue weighted by Crippen LogP contribution is 2.26. The summed E-state index contributed by atoms with van der Waals surface area (Å²) in [7, 11) is -2.61. The standard InChI is InChI=1S/C15H15BrN2O4S/c1-10-3-5-11(6-4-10)15(19)17-18-23(20,21)14-9-12(16)7-8-13(14)22-2/h3-9,18H,1-2H3,(H,17,19). The number of benzene rings is 2. The van der Waals surface area contributed by atoms with Gasteiger partial charge in [0, 0.05) is 10.0 Å². The first-order valence-corrected chi connectivity index (χ1v) is 8.83. The van der Waals surface area contributed by atoms with Crippen LogP contribution in [0.25, 0.3) is 0 Å². The molecule has 1 amide bonds. The van der Waals surface area contributed by atoms with E-state index in [9.17, 15) is 13.2 Å². The van der Waals surface area contributed by atoms with E-state index >= 15 is 0 Å². The molecular weight excluding hydrogens is 384 g/mol. The Balaban J connectivity index is 2.17. The maximum atomic E-state index is 12.3. The number of carbonyl (C=O) groups is 1. The molecule has 0 aliphatic rings. The Morgan fingerprint density at radius 3 is 2.39 bits per heavy atom. The van der Waals surface area contributed by atoms with Gasteiger partial charge in [0.2, 0.25) is 0 Å². The van der Waals surface area contributed by atoms with Gasteiger partial charge in [-0.05, 0) is 37.3 Å². The number of sulfonamides is 1. The highest BCUT2D eigenvalue weighted by molar-refractivity contribution is 9.10. The molecule has 0 radical (unpaired) electrons. The molecule has 0 fully saturated rings. The number of hydrogen-bond acceptors (Lipinski definition) is 4. The first-order chi connectivity index (χ1) is 10.8. The van der Waals surface area contributed by atoms with Crippen molar-refractivity contribution in [2.75, 3.05) is 7.11 Å². The average molecular weight is 399 g/mol. The van der Waals surface area contributed by atoms with Crippen molar-refractivity contribution in [1.29, 1.82) is 0 Å². The third kappa shape index (κ3) is 4.31. The summed E-state index contributed by atoms with van der Waals surface area (Å²) in [4.78, 5) is 14.0. The normalized spacial score (nSPS) is 11.1. The Morgan fingerprint density at radius 1 is 1.13 bits per heavy atom. The molecule has 8 heteroatoms. The van der Waals surface area contributed by atoms with Gasteiger partial charge in [-0.2, -0.15) is 0 Å². The van der Waals surface area contributed by atoms with Gasteiger partial charge in [0.05, 0.1) is 7.11 Å². The second-order valence-electron chi connectivity index (χ2n) is 4.72. The topological polar surface area (TPSA) is 84.5 Å². The molecule has 6 nitrogen and oxygen atoms in total. The quantitative estimate of drug-likeness (QED) is 0.757. The van der Waals surface area contributed by atoms with Crippen LogP contribution < -0.4 is 15.0 Å². The Labute approximate surface area is 143 Å². The summed E-state index contributed by atoms with van der Waals surface area (Å²) in [5.41, 5.74) is 3.53. The van der Waals surface area contributed by atoms with Crippen LogP contribution in [0.15, 0.2) is 51.8 Å². The Kier molecular flexibility index (Phi) is 5.40. The van der Waals surface area contributed by atoms with E-state index in [0.717, 1.165) is 5.56 Å². The minimum Gasteiger partial charge on any atom is -0.495 e. The minimum absolute atomic E-state index is 0.0846. The maximum absolute atomic E-state index is 12.3. The lowest BCUT2D eigenvalue weighted by Crippen LogP contribution is -2.41. The van der Waals surface area contributed by atoms with Crippen molar-refractivity contribution in [2.24, 2.45) is 0 Å². The number of ether oxygens (including phenoxy) is 1. The number of hydrazine groups is 1. The molecule has 0 unspecified atom stereocenters. The van der Waals surface area contributed by atoms with Crippen molar-refractivity contribution in [3.05, 3.63) is 58.1 Å². The van der Waals surface area contributed by atoms with Gasteiger partial charge < -0.3 is 4.74 Å². The Morgan fingerprint density at radius 2 is 1.78 bits per heavy atom. The molecule has 2 aromatic rings. The number of carbonyl (C=O) groups excluding carboxylic acids is 1. The predicted octanol–water partition coefficient (Wildman–Crippen LogP) is 2.39. The van der Waals surface area contributed by atoms with Crippen LogP contribution in [-0.4, -0.2) is 21.4 Å². The van der Waals surface area contributed by atoms with Gasteiger partial charge in [0.1, 0.15) is 10.6 Å². The highest BCUT2D eigenvalue weighted by Gasteiger charge is 2.21. The van der Waals surface area contributed by atoms with Crippen LogP contribution in [0, 0.1) is 6.92 Å². The molecule has 0 bridgehead atoms. The van der Waals surface area contributed by atoms with E-state index in [1.807, 2.05) is 6.92 Å². The molecule has 0 saturated heterocycles. The van der Waals surface area contributed by atoms with Crippen molar-refractivity contribution in [2.45, 2.75) is 11.8 Å². The SMILES string of the molecule is COc1ccc(Br)cc1S(=O)(=O)NNC(=O)c1ccc(C)cc1. The fourth-order valence-electron chi connectivity index (χ4n) is 1.81. The number of nitrogens with one attached hydrogen (secondary N) is 2. The van der Waals surface area contributed by atoms with E-state index in [4.69, 9.17) is 4.74 Å². The van der Waals surface area contributed by atoms with Crippen LogP contribution in [0.4, 0.5) is 0 Å². The number of methoxy groups -OCH3 is 1. The fourth-order valence-corrected chi connectivity index (χ4v) is 3.35. The third-order valence-corrected chi connectivity index (χ3v) is 4.79. The monoisotopic (exact) mass is 398 g/mol. The molecule has 0 atom stereocenters. The van der Waals surface area contributed by atoms with E-state index < -0.39 is 15.9 Å². The maximum Gasteiger partial charge on any atom is 0.266 e. The molecule has 2 rings (SSSR count). The lowest BCUT2D eigenvalue weighted by Gasteiger charge is -2.12. The second kappa shape index (κ2) is 7.12. The van der Waals surface area contributed by atoms with Crippen LogP contribution in [0.2, 0.25) is 0 Å². The zero-order chi connectivity index (χ0) is 17.0. The third-order valence-electron chi connectivity index (χ3n) is 3.03. The zero-order valence-electron chi connectivity index (χ0n) is 12.5. The van der Waals surface area contributed by atoms with Gasteiger partial charge in [0.15, 0.2) is 0 Å². The number of hydrogen-bond donors (Lipinski definition) is 2. The second-order valence-corrected chi connectivity index (χ2v) is 7.29. The molecular formula is C15H15BrN2O4S. The molecule has 0 aliphatic carbocycles. The molecule has 0 heterocycles. The van der Waals surface area contributed by atoms with E-state index in [2.05, 4.69) is 26.2 Å². The van der Waals surface area contributed by atoms with Gasteiger partial charge in [-0.25, -0.2) is 8.42 Å². The number of halogens is 1. The van der Waals surface area contributed by atoms with Crippen LogP contribution in [0.1, 0.15) is 15.9 Å². The Hall–Kier alpha value is -1.90. The summed E-state index contributed by atoms with van der Waals surface area (Å²) in [5, 5.41) is 0. The van der Waals surface area contributed by atoms with Crippen molar-refractivity contribution in [1.82, 2.24) is 10.3 Å². The van der Waals surface area contributed by atoms with Crippen LogP contribution >= 0.6 is 15.9 Å². The predicted molar refractivity (Wildman–Crippen MR) is 89.7 cm³/mol. The number of amides is 1. The zero-order valence-corrected chi connectivity index (χ0v) is 14.9. The van der Waals surface area contributed by atoms with Crippen molar-refractivity contribution in [3.63, 3.8) is 0 Å². The lowest BCUT2D eigenvalue weighted by atomic mass is 10.1. The average Bonchev–Trinajstić information content (AvgIpc) is 2.53. The van der Waals surface area contributed by atoms with E-state index in [0.29, 0.717) is 10.0 Å². The van der Waals surface area contributed by atoms with Crippen LogP contribution in [-0.2, 0) is 10.0 Å². The minimum atomic E-state index is -3.97. The van der Waals surface area contributed by atoms with Gasteiger partial charge in [0.25, 0.3) is 15.9 Å². The summed E-state index contributed by atoms with van der Waals surface area (Å²) in [6, 6.07) is 11.3. The highest BCUT2D eigenvalue weighted by atomic mass is 79.9. The van der Waals surface area contributed by atoms with Crippen molar-refractivity contribution in [3.8, 4) is 5.75 Å². The van der Waals surface area contributed by atoms with Crippen LogP contribution in [0.5, 0.6) is 5.75 Å². The van der Waals surface area contributed by atoms with Gasteiger partial charge in [-0.1, -0.05) is 33.6 Å². The van der Waals surface area contributed by atoms with E-state index in [1.165, 1.54) is 19.2 Å². The molecule has 2 N–H and O–H groups in total. The summed E-state index contributed by atoms with van der Waals surface area (Å²) in [5.74, 6) is -0.382. The van der Waals surface area contributed by atoms with Crippen LogP contribution in [0.3, 0.4) is 0 Å². The first kappa shape index (κ1) is 17.5. The summed E-state index contributed by atoms with van der Waals surface area (Å²) >= 11 is 3.21. The molecule has 122 valence electrons. The fraction of sp³-hybridized carbons (Fsp3) is 0.133. The molecule has 0 spiro atoms. The smallest absolute Gasteiger partial charge is 0.266 e. The molecule has 0 aliphatic heterocycles. The molecule has 0 aromatic heterocycles. The summed E-state index contributed by atoms with van der Waals surface area (Å²) < 4.78 is 30.3. The lowest BCUT2D eigenvalue weighted by molar-refractivity contribution is 0.0945. The van der Waals surface area contributed by atoms with Gasteiger partial charge in [-0.3, -0.25) is 10.2 Å². The number of aryl methyl sites for hydroxylation is 1. The largest absolute Gasteiger partial charge is 0.495 e. The summed E-state index contributed by atoms with van der Waals surface area (Å²) in [6.07, 6.45) is 0. The van der Waals surface area contributed by atoms with Gasteiger partial charge in [-0.15, -0.1) is 4.83 Å².